The van der Waals surface area contributed by atoms with Gasteiger partial charge in [0.2, 0.25) is 11.8 Å². The van der Waals surface area contributed by atoms with E-state index in [4.69, 9.17) is 10.0 Å². The number of alkyl halides is 3. The average Bonchev–Trinajstić information content (AvgIpc) is 3.08. The summed E-state index contributed by atoms with van der Waals surface area (Å²) in [5.41, 5.74) is 0.502. The van der Waals surface area contributed by atoms with E-state index in [9.17, 15) is 22.8 Å². The van der Waals surface area contributed by atoms with Crippen LogP contribution >= 0.6 is 0 Å². The predicted molar refractivity (Wildman–Crippen MR) is 92.8 cm³/mol. The van der Waals surface area contributed by atoms with E-state index in [0.717, 1.165) is 0 Å². The highest BCUT2D eigenvalue weighted by Gasteiger charge is 2.34. The zero-order valence-corrected chi connectivity index (χ0v) is 14.9. The number of carbonyl (C=O) groups is 2. The van der Waals surface area contributed by atoms with Gasteiger partial charge < -0.3 is 30.3 Å². The molecule has 1 aliphatic heterocycles. The van der Waals surface area contributed by atoms with Gasteiger partial charge in [-0.15, -0.1) is 13.2 Å². The third-order valence-electron chi connectivity index (χ3n) is 4.07. The average molecular weight is 403 g/mol. The molecular weight excluding hydrogens is 382 g/mol. The number of halogens is 3. The van der Waals surface area contributed by atoms with Gasteiger partial charge in [0, 0.05) is 13.1 Å². The second-order valence-corrected chi connectivity index (χ2v) is 6.27. The Hall–Kier alpha value is -2.31. The first-order valence-corrected chi connectivity index (χ1v) is 8.64. The molecular formula is C16H21BF3N3O5. The normalized spacial score (nSPS) is 16.8. The minimum atomic E-state index is -4.78. The van der Waals surface area contributed by atoms with Crippen LogP contribution in [0.15, 0.2) is 24.3 Å². The molecule has 4 N–H and O–H groups in total. The monoisotopic (exact) mass is 403 g/mol. The number of ether oxygens (including phenoxy) is 1. The van der Waals surface area contributed by atoms with Crippen LogP contribution in [0.2, 0.25) is 0 Å². The van der Waals surface area contributed by atoms with Crippen molar-refractivity contribution in [2.24, 2.45) is 0 Å². The van der Waals surface area contributed by atoms with Crippen molar-refractivity contribution in [3.05, 3.63) is 29.8 Å². The van der Waals surface area contributed by atoms with Gasteiger partial charge in [0.15, 0.2) is 0 Å². The van der Waals surface area contributed by atoms with Crippen LogP contribution in [-0.2, 0) is 16.1 Å². The van der Waals surface area contributed by atoms with Crippen molar-refractivity contribution in [3.63, 3.8) is 0 Å². The van der Waals surface area contributed by atoms with E-state index in [1.54, 1.807) is 6.07 Å². The van der Waals surface area contributed by atoms with E-state index in [1.807, 2.05) is 0 Å². The molecule has 2 amide bonds. The second kappa shape index (κ2) is 9.76. The van der Waals surface area contributed by atoms with Crippen LogP contribution in [0.3, 0.4) is 0 Å². The van der Waals surface area contributed by atoms with Crippen LogP contribution in [0.1, 0.15) is 18.4 Å². The van der Waals surface area contributed by atoms with Crippen molar-refractivity contribution in [2.45, 2.75) is 31.8 Å². The molecule has 1 atom stereocenters. The number of nitrogens with one attached hydrogen (secondary N) is 2. The van der Waals surface area contributed by atoms with E-state index < -0.39 is 25.4 Å². The first-order valence-electron chi connectivity index (χ1n) is 8.64. The number of hydrogen-bond acceptors (Lipinski definition) is 6. The maximum absolute atomic E-state index is 12.4. The molecule has 154 valence electrons. The van der Waals surface area contributed by atoms with Gasteiger partial charge in [-0.05, 0) is 30.5 Å². The van der Waals surface area contributed by atoms with Crippen LogP contribution in [0.4, 0.5) is 13.2 Å². The summed E-state index contributed by atoms with van der Waals surface area (Å²) < 4.78 is 40.6. The summed E-state index contributed by atoms with van der Waals surface area (Å²) in [6.45, 7) is 0.439. The van der Waals surface area contributed by atoms with Crippen LogP contribution in [0.5, 0.6) is 5.75 Å². The molecule has 0 radical (unpaired) electrons. The Morgan fingerprint density at radius 1 is 1.32 bits per heavy atom. The summed E-state index contributed by atoms with van der Waals surface area (Å²) in [6.07, 6.45) is -4.00. The van der Waals surface area contributed by atoms with E-state index in [2.05, 4.69) is 15.4 Å². The van der Waals surface area contributed by atoms with Gasteiger partial charge in [-0.1, -0.05) is 12.1 Å². The molecule has 28 heavy (non-hydrogen) atoms. The molecule has 0 spiro atoms. The minimum Gasteiger partial charge on any atom is -0.426 e. The fourth-order valence-electron chi connectivity index (χ4n) is 2.92. The number of amides is 2. The highest BCUT2D eigenvalue weighted by atomic mass is 19.4. The lowest BCUT2D eigenvalue weighted by Gasteiger charge is -2.24. The number of benzene rings is 1. The maximum Gasteiger partial charge on any atom is 0.573 e. The zero-order valence-electron chi connectivity index (χ0n) is 14.9. The molecule has 1 saturated heterocycles. The molecule has 2 rings (SSSR count). The van der Waals surface area contributed by atoms with E-state index in [0.29, 0.717) is 24.9 Å². The summed E-state index contributed by atoms with van der Waals surface area (Å²) in [5.74, 6) is -1.14. The van der Waals surface area contributed by atoms with Crippen molar-refractivity contribution in [2.75, 3.05) is 19.5 Å². The Labute approximate surface area is 159 Å². The summed E-state index contributed by atoms with van der Waals surface area (Å²) in [4.78, 5) is 25.8. The largest absolute Gasteiger partial charge is 0.573 e. The fourth-order valence-corrected chi connectivity index (χ4v) is 2.92. The molecule has 0 bridgehead atoms. The Kier molecular flexibility index (Phi) is 7.66. The number of nitrogens with zero attached hydrogens (tertiary/aromatic N) is 1. The van der Waals surface area contributed by atoms with Gasteiger partial charge in [-0.2, -0.15) is 0 Å². The topological polar surface area (TPSA) is 111 Å². The van der Waals surface area contributed by atoms with Crippen molar-refractivity contribution in [1.82, 2.24) is 15.5 Å². The predicted octanol–water partition coefficient (Wildman–Crippen LogP) is -0.206. The van der Waals surface area contributed by atoms with Gasteiger partial charge in [0.25, 0.3) is 0 Å². The molecule has 0 aromatic heterocycles. The highest BCUT2D eigenvalue weighted by Crippen LogP contribution is 2.23. The van der Waals surface area contributed by atoms with E-state index >= 15 is 0 Å². The van der Waals surface area contributed by atoms with Crippen LogP contribution in [0, 0.1) is 0 Å². The number of carbonyl (C=O) groups excluding carboxylic acids is 2. The summed E-state index contributed by atoms with van der Waals surface area (Å²) in [5, 5.41) is 22.8. The van der Waals surface area contributed by atoms with Crippen molar-refractivity contribution in [1.29, 1.82) is 0 Å². The van der Waals surface area contributed by atoms with Crippen LogP contribution in [0.25, 0.3) is 0 Å². The molecule has 1 aliphatic rings. The number of hydrogen-bond donors (Lipinski definition) is 4. The Balaban J connectivity index is 1.83. The van der Waals surface area contributed by atoms with Gasteiger partial charge in [0.05, 0.1) is 13.0 Å². The number of rotatable bonds is 8. The summed E-state index contributed by atoms with van der Waals surface area (Å²) in [6, 6.07) is 4.72. The Morgan fingerprint density at radius 2 is 2.07 bits per heavy atom. The third-order valence-corrected chi connectivity index (χ3v) is 4.07. The molecule has 1 aromatic carbocycles. The molecule has 8 nitrogen and oxygen atoms in total. The van der Waals surface area contributed by atoms with Crippen LogP contribution in [-0.4, -0.2) is 65.8 Å². The van der Waals surface area contributed by atoms with E-state index in [1.165, 1.54) is 23.1 Å². The summed E-state index contributed by atoms with van der Waals surface area (Å²) >= 11 is 0. The quantitative estimate of drug-likeness (QED) is 0.448. The minimum absolute atomic E-state index is 0.100. The first-order chi connectivity index (χ1) is 13.2. The molecule has 0 aliphatic carbocycles. The van der Waals surface area contributed by atoms with E-state index in [-0.39, 0.29) is 31.2 Å². The van der Waals surface area contributed by atoms with Gasteiger partial charge >= 0.3 is 13.5 Å². The molecule has 1 aromatic rings. The standard InChI is InChI=1S/C16H21BF3N3O5/c18-16(19,20)28-12-4-1-3-11(7-12)8-21-9-14(24)23-6-2-5-13(23)15(25)22-10-17(26)27/h1,3-4,7,13,21,26-27H,2,5-6,8-10H2,(H,22,25). The Bertz CT molecular complexity index is 690. The molecule has 0 saturated carbocycles. The fraction of sp³-hybridized carbons (Fsp3) is 0.500. The molecule has 1 fully saturated rings. The maximum atomic E-state index is 12.4. The summed E-state index contributed by atoms with van der Waals surface area (Å²) in [7, 11) is -1.67. The van der Waals surface area contributed by atoms with Crippen molar-refractivity contribution < 1.29 is 37.5 Å². The molecule has 1 unspecified atom stereocenters. The molecule has 1 heterocycles. The first kappa shape index (κ1) is 22.0. The third kappa shape index (κ3) is 7.02. The van der Waals surface area contributed by atoms with Gasteiger partial charge in [0.1, 0.15) is 11.8 Å². The van der Waals surface area contributed by atoms with Gasteiger partial charge in [-0.3, -0.25) is 9.59 Å². The lowest BCUT2D eigenvalue weighted by atomic mass is 9.92. The van der Waals surface area contributed by atoms with Crippen molar-refractivity contribution >= 4 is 18.9 Å². The molecule has 12 heteroatoms. The lowest BCUT2D eigenvalue weighted by Crippen LogP contribution is -2.50. The number of likely N-dealkylation sites (tertiary alicyclic amines) is 1. The SMILES string of the molecule is O=C(NCB(O)O)C1CCCN1C(=O)CNCc1cccc(OC(F)(F)F)c1. The van der Waals surface area contributed by atoms with Crippen molar-refractivity contribution in [3.8, 4) is 5.75 Å². The van der Waals surface area contributed by atoms with Crippen LogP contribution < -0.4 is 15.4 Å². The Morgan fingerprint density at radius 3 is 2.75 bits per heavy atom. The lowest BCUT2D eigenvalue weighted by molar-refractivity contribution is -0.274. The smallest absolute Gasteiger partial charge is 0.426 e. The van der Waals surface area contributed by atoms with Gasteiger partial charge in [-0.25, -0.2) is 0 Å². The second-order valence-electron chi connectivity index (χ2n) is 6.27. The highest BCUT2D eigenvalue weighted by molar-refractivity contribution is 6.41. The zero-order chi connectivity index (χ0) is 20.7.